The maximum absolute atomic E-state index is 4.30. The van der Waals surface area contributed by atoms with Crippen LogP contribution in [0.1, 0.15) is 0 Å². The molecule has 0 spiro atoms. The van der Waals surface area contributed by atoms with Gasteiger partial charge in [-0.1, -0.05) is 84.9 Å². The van der Waals surface area contributed by atoms with Gasteiger partial charge in [-0.2, -0.15) is 0 Å². The molecule has 3 heterocycles. The van der Waals surface area contributed by atoms with Crippen LogP contribution < -0.4 is 0 Å². The van der Waals surface area contributed by atoms with Crippen LogP contribution >= 0.6 is 0 Å². The third kappa shape index (κ3) is 3.25. The van der Waals surface area contributed by atoms with Crippen LogP contribution in [0.15, 0.2) is 152 Å². The Labute approximate surface area is 242 Å². The number of para-hydroxylation sites is 3. The molecule has 9 rings (SSSR count). The van der Waals surface area contributed by atoms with Crippen molar-refractivity contribution in [3.63, 3.8) is 0 Å². The maximum atomic E-state index is 4.30. The van der Waals surface area contributed by atoms with Crippen LogP contribution in [0.5, 0.6) is 0 Å². The molecule has 0 unspecified atom stereocenters. The number of benzene rings is 6. The number of hydrogen-bond donors (Lipinski definition) is 0. The largest absolute Gasteiger partial charge is 0.309 e. The second-order valence-corrected chi connectivity index (χ2v) is 10.8. The van der Waals surface area contributed by atoms with Crippen molar-refractivity contribution < 1.29 is 0 Å². The normalized spacial score (nSPS) is 11.8. The summed E-state index contributed by atoms with van der Waals surface area (Å²) in [4.78, 5) is 4.30. The zero-order valence-electron chi connectivity index (χ0n) is 22.8. The van der Waals surface area contributed by atoms with Gasteiger partial charge in [-0.3, -0.25) is 4.98 Å². The highest BCUT2D eigenvalue weighted by molar-refractivity contribution is 6.29. The summed E-state index contributed by atoms with van der Waals surface area (Å²) < 4.78 is 4.79. The van der Waals surface area contributed by atoms with Gasteiger partial charge in [0.05, 0.1) is 22.1 Å². The lowest BCUT2D eigenvalue weighted by Gasteiger charge is -2.10. The Balaban J connectivity index is 1.35. The second kappa shape index (κ2) is 8.92. The zero-order valence-corrected chi connectivity index (χ0v) is 22.8. The van der Waals surface area contributed by atoms with Crippen molar-refractivity contribution in [3.05, 3.63) is 152 Å². The number of pyridine rings is 1. The molecule has 0 bridgehead atoms. The lowest BCUT2D eigenvalue weighted by atomic mass is 9.99. The first kappa shape index (κ1) is 23.1. The molecule has 0 aliphatic carbocycles. The minimum Gasteiger partial charge on any atom is -0.309 e. The minimum atomic E-state index is 1.12. The van der Waals surface area contributed by atoms with Crippen molar-refractivity contribution in [1.29, 1.82) is 0 Å². The lowest BCUT2D eigenvalue weighted by Crippen LogP contribution is -1.94. The van der Waals surface area contributed by atoms with Gasteiger partial charge in [0.1, 0.15) is 0 Å². The highest BCUT2D eigenvalue weighted by Crippen LogP contribution is 2.42. The molecule has 0 aliphatic rings. The molecule has 0 N–H and O–H groups in total. The molecule has 0 amide bonds. The van der Waals surface area contributed by atoms with Crippen molar-refractivity contribution in [2.75, 3.05) is 0 Å². The van der Waals surface area contributed by atoms with Crippen molar-refractivity contribution in [1.82, 2.24) is 14.1 Å². The first-order chi connectivity index (χ1) is 20.9. The van der Waals surface area contributed by atoms with E-state index in [1.165, 1.54) is 60.1 Å². The van der Waals surface area contributed by atoms with Crippen molar-refractivity contribution >= 4 is 54.4 Å². The Morgan fingerprint density at radius 2 is 0.905 bits per heavy atom. The molecule has 0 radical (unpaired) electrons. The van der Waals surface area contributed by atoms with Gasteiger partial charge in [-0.25, -0.2) is 0 Å². The van der Waals surface area contributed by atoms with E-state index in [9.17, 15) is 0 Å². The second-order valence-electron chi connectivity index (χ2n) is 10.8. The van der Waals surface area contributed by atoms with Crippen LogP contribution in [0.2, 0.25) is 0 Å². The molecular weight excluding hydrogens is 510 g/mol. The molecule has 42 heavy (non-hydrogen) atoms. The molecule has 9 aromatic rings. The van der Waals surface area contributed by atoms with E-state index in [0.29, 0.717) is 0 Å². The first-order valence-corrected chi connectivity index (χ1v) is 14.3. The summed E-state index contributed by atoms with van der Waals surface area (Å²) in [6.07, 6.45) is 3.73. The van der Waals surface area contributed by atoms with Gasteiger partial charge in [0, 0.05) is 45.3 Å². The average molecular weight is 536 g/mol. The number of aromatic nitrogens is 3. The standard InChI is InChI=1S/C39H25N3/c1-2-10-28(11-3-1)41-34-14-6-4-12-32(34)38-30-21-23-37-39(31(30)20-22-36(38)41)33-13-5-7-15-35(33)42(37)29-18-16-26(17-19-29)27-9-8-24-40-25-27/h1-25H. The molecule has 3 aromatic heterocycles. The molecule has 0 saturated heterocycles. The Hall–Kier alpha value is -5.67. The van der Waals surface area contributed by atoms with Crippen LogP contribution in [0.25, 0.3) is 76.9 Å². The van der Waals surface area contributed by atoms with Crippen molar-refractivity contribution in [3.8, 4) is 22.5 Å². The Morgan fingerprint density at radius 1 is 0.357 bits per heavy atom. The SMILES string of the molecule is c1ccc(-n2c3ccccc3c3c4ccc5c(c4ccc32)c2ccccc2n5-c2ccc(-c3cccnc3)cc2)cc1. The van der Waals surface area contributed by atoms with Crippen molar-refractivity contribution in [2.45, 2.75) is 0 Å². The molecule has 0 fully saturated rings. The van der Waals surface area contributed by atoms with E-state index in [1.807, 2.05) is 18.5 Å². The quantitative estimate of drug-likeness (QED) is 0.221. The fraction of sp³-hybridized carbons (Fsp3) is 0. The van der Waals surface area contributed by atoms with E-state index in [1.54, 1.807) is 0 Å². The number of nitrogens with zero attached hydrogens (tertiary/aromatic N) is 3. The Morgan fingerprint density at radius 3 is 1.48 bits per heavy atom. The molecule has 3 nitrogen and oxygen atoms in total. The van der Waals surface area contributed by atoms with E-state index in [-0.39, 0.29) is 0 Å². The summed E-state index contributed by atoms with van der Waals surface area (Å²) in [6.45, 7) is 0. The lowest BCUT2D eigenvalue weighted by molar-refractivity contribution is 1.18. The van der Waals surface area contributed by atoms with Crippen molar-refractivity contribution in [2.24, 2.45) is 0 Å². The van der Waals surface area contributed by atoms with Crippen LogP contribution in [0.4, 0.5) is 0 Å². The monoisotopic (exact) mass is 535 g/mol. The molecule has 196 valence electrons. The van der Waals surface area contributed by atoms with Gasteiger partial charge in [0.15, 0.2) is 0 Å². The van der Waals surface area contributed by atoms with Crippen LogP contribution in [-0.4, -0.2) is 14.1 Å². The van der Waals surface area contributed by atoms with Gasteiger partial charge in [-0.15, -0.1) is 0 Å². The summed E-state index contributed by atoms with van der Waals surface area (Å²) in [5.74, 6) is 0. The minimum absolute atomic E-state index is 1.12. The Kier molecular flexibility index (Phi) is 4.90. The smallest absolute Gasteiger partial charge is 0.0547 e. The Bertz CT molecular complexity index is 2430. The van der Waals surface area contributed by atoms with Gasteiger partial charge < -0.3 is 9.13 Å². The third-order valence-electron chi connectivity index (χ3n) is 8.60. The highest BCUT2D eigenvalue weighted by Gasteiger charge is 2.19. The van der Waals surface area contributed by atoms with Crippen LogP contribution in [-0.2, 0) is 0 Å². The first-order valence-electron chi connectivity index (χ1n) is 14.3. The van der Waals surface area contributed by atoms with Gasteiger partial charge in [0.25, 0.3) is 0 Å². The number of rotatable bonds is 3. The van der Waals surface area contributed by atoms with E-state index >= 15 is 0 Å². The summed E-state index contributed by atoms with van der Waals surface area (Å²) in [5.41, 5.74) is 9.48. The molecule has 3 heteroatoms. The average Bonchev–Trinajstić information content (AvgIpc) is 3.59. The van der Waals surface area contributed by atoms with E-state index in [0.717, 1.165) is 16.8 Å². The summed E-state index contributed by atoms with van der Waals surface area (Å²) in [6, 6.07) is 50.4. The fourth-order valence-corrected chi connectivity index (χ4v) is 6.81. The third-order valence-corrected chi connectivity index (χ3v) is 8.60. The van der Waals surface area contributed by atoms with Gasteiger partial charge >= 0.3 is 0 Å². The molecule has 6 aromatic carbocycles. The highest BCUT2D eigenvalue weighted by atomic mass is 15.0. The summed E-state index contributed by atoms with van der Waals surface area (Å²) in [7, 11) is 0. The van der Waals surface area contributed by atoms with E-state index in [4.69, 9.17) is 0 Å². The van der Waals surface area contributed by atoms with E-state index in [2.05, 4.69) is 148 Å². The van der Waals surface area contributed by atoms with E-state index < -0.39 is 0 Å². The van der Waals surface area contributed by atoms with Crippen LogP contribution in [0.3, 0.4) is 0 Å². The summed E-state index contributed by atoms with van der Waals surface area (Å²) >= 11 is 0. The fourth-order valence-electron chi connectivity index (χ4n) is 6.81. The van der Waals surface area contributed by atoms with Gasteiger partial charge in [0.2, 0.25) is 0 Å². The predicted molar refractivity (Wildman–Crippen MR) is 176 cm³/mol. The number of fused-ring (bicyclic) bond motifs is 9. The maximum Gasteiger partial charge on any atom is 0.0547 e. The molecular formula is C39H25N3. The molecule has 0 atom stereocenters. The van der Waals surface area contributed by atoms with Crippen LogP contribution in [0, 0.1) is 0 Å². The van der Waals surface area contributed by atoms with Gasteiger partial charge in [-0.05, 0) is 76.5 Å². The predicted octanol–water partition coefficient (Wildman–Crippen LogP) is 10.1. The topological polar surface area (TPSA) is 22.8 Å². The zero-order chi connectivity index (χ0) is 27.6. The molecule has 0 aliphatic heterocycles. The molecule has 0 saturated carbocycles. The number of hydrogen-bond acceptors (Lipinski definition) is 1. The summed E-state index contributed by atoms with van der Waals surface area (Å²) in [5, 5.41) is 7.68.